The summed E-state index contributed by atoms with van der Waals surface area (Å²) in [6, 6.07) is 11.0. The second-order valence-corrected chi connectivity index (χ2v) is 9.22. The molecule has 1 aliphatic heterocycles. The van der Waals surface area contributed by atoms with Crippen molar-refractivity contribution in [1.82, 2.24) is 0 Å². The van der Waals surface area contributed by atoms with Crippen molar-refractivity contribution in [1.29, 1.82) is 0 Å². The average Bonchev–Trinajstić information content (AvgIpc) is 3.31. The molecular formula is C24H26O5. The zero-order chi connectivity index (χ0) is 20.3. The second-order valence-electron chi connectivity index (χ2n) is 9.22. The van der Waals surface area contributed by atoms with Crippen LogP contribution in [0.4, 0.5) is 0 Å². The third kappa shape index (κ3) is 3.03. The highest BCUT2D eigenvalue weighted by molar-refractivity contribution is 5.96. The molecule has 3 aliphatic rings. The van der Waals surface area contributed by atoms with Crippen LogP contribution in [-0.2, 0) is 14.3 Å². The number of carbonyl (C=O) groups excluding carboxylic acids is 2. The van der Waals surface area contributed by atoms with E-state index in [9.17, 15) is 9.59 Å². The second kappa shape index (κ2) is 6.56. The van der Waals surface area contributed by atoms with E-state index in [1.165, 1.54) is 0 Å². The summed E-state index contributed by atoms with van der Waals surface area (Å²) >= 11 is 0. The van der Waals surface area contributed by atoms with Crippen molar-refractivity contribution in [2.75, 3.05) is 0 Å². The molecule has 152 valence electrons. The molecular weight excluding hydrogens is 368 g/mol. The summed E-state index contributed by atoms with van der Waals surface area (Å²) in [5.41, 5.74) is -0.559. The number of fused-ring (bicyclic) bond motifs is 6. The fraction of sp³-hybridized carbons (Fsp3) is 0.500. The van der Waals surface area contributed by atoms with Crippen LogP contribution in [0.3, 0.4) is 0 Å². The van der Waals surface area contributed by atoms with Crippen LogP contribution in [0.15, 0.2) is 36.4 Å². The third-order valence-corrected chi connectivity index (χ3v) is 7.09. The third-order valence-electron chi connectivity index (χ3n) is 7.09. The fourth-order valence-electron chi connectivity index (χ4n) is 4.87. The van der Waals surface area contributed by atoms with Crippen LogP contribution in [0, 0.1) is 23.2 Å². The van der Waals surface area contributed by atoms with E-state index in [0.717, 1.165) is 23.6 Å². The Labute approximate surface area is 170 Å². The molecule has 2 bridgehead atoms. The van der Waals surface area contributed by atoms with E-state index in [4.69, 9.17) is 14.2 Å². The maximum atomic E-state index is 12.9. The Hall–Kier alpha value is -2.40. The van der Waals surface area contributed by atoms with Crippen LogP contribution in [-0.4, -0.2) is 24.1 Å². The van der Waals surface area contributed by atoms with E-state index in [2.05, 4.69) is 0 Å². The van der Waals surface area contributed by atoms with Gasteiger partial charge in [0.2, 0.25) is 0 Å². The minimum Gasteiger partial charge on any atom is -0.426 e. The van der Waals surface area contributed by atoms with Crippen LogP contribution in [0.5, 0.6) is 11.5 Å². The predicted octanol–water partition coefficient (Wildman–Crippen LogP) is 4.51. The lowest BCUT2D eigenvalue weighted by Gasteiger charge is -2.21. The van der Waals surface area contributed by atoms with Crippen LogP contribution < -0.4 is 9.47 Å². The van der Waals surface area contributed by atoms with Crippen LogP contribution in [0.25, 0.3) is 10.8 Å². The molecule has 2 aliphatic carbocycles. The normalized spacial score (nSPS) is 29.6. The lowest BCUT2D eigenvalue weighted by molar-refractivity contribution is -0.144. The molecule has 0 aromatic heterocycles. The Bertz CT molecular complexity index is 994. The van der Waals surface area contributed by atoms with Gasteiger partial charge in [-0.3, -0.25) is 9.59 Å². The van der Waals surface area contributed by atoms with Crippen LogP contribution in [0.2, 0.25) is 0 Å². The predicted molar refractivity (Wildman–Crippen MR) is 108 cm³/mol. The van der Waals surface area contributed by atoms with Crippen molar-refractivity contribution in [3.05, 3.63) is 36.4 Å². The van der Waals surface area contributed by atoms with Crippen molar-refractivity contribution < 1.29 is 23.8 Å². The Morgan fingerprint density at radius 1 is 1.00 bits per heavy atom. The molecule has 2 aromatic rings. The molecule has 5 unspecified atom stereocenters. The van der Waals surface area contributed by atoms with Gasteiger partial charge in [0, 0.05) is 16.7 Å². The topological polar surface area (TPSA) is 65.1 Å². The molecule has 29 heavy (non-hydrogen) atoms. The van der Waals surface area contributed by atoms with Gasteiger partial charge < -0.3 is 14.2 Å². The molecule has 5 atom stereocenters. The molecule has 5 rings (SSSR count). The molecule has 0 spiro atoms. The van der Waals surface area contributed by atoms with Gasteiger partial charge >= 0.3 is 11.9 Å². The van der Waals surface area contributed by atoms with E-state index in [1.54, 1.807) is 12.1 Å². The standard InChI is InChI=1S/C24H26O5/c1-4-24(2,3)23(26)28-19-10-6-7-14-15(19)8-5-9-18(14)27-22(25)17-12-13-11-16(17)21-20(13)29-21/h5-10,13,16-17,20-21H,4,11-12H2,1-3H3. The molecule has 0 radical (unpaired) electrons. The SMILES string of the molecule is CCC(C)(C)C(=O)Oc1cccc2c(OC(=O)C3CC4CC3C3OC43)cccc12. The molecule has 0 N–H and O–H groups in total. The van der Waals surface area contributed by atoms with Crippen molar-refractivity contribution in [3.8, 4) is 11.5 Å². The number of hydrogen-bond donors (Lipinski definition) is 0. The molecule has 2 aromatic carbocycles. The van der Waals surface area contributed by atoms with Gasteiger partial charge in [-0.05, 0) is 51.2 Å². The maximum absolute atomic E-state index is 12.9. The van der Waals surface area contributed by atoms with Gasteiger partial charge in [-0.2, -0.15) is 0 Å². The van der Waals surface area contributed by atoms with Crippen molar-refractivity contribution >= 4 is 22.7 Å². The summed E-state index contributed by atoms with van der Waals surface area (Å²) in [6.45, 7) is 5.71. The van der Waals surface area contributed by atoms with E-state index in [-0.39, 0.29) is 24.0 Å². The summed E-state index contributed by atoms with van der Waals surface area (Å²) < 4.78 is 17.2. The number of hydrogen-bond acceptors (Lipinski definition) is 5. The van der Waals surface area contributed by atoms with E-state index >= 15 is 0 Å². The van der Waals surface area contributed by atoms with Gasteiger partial charge in [0.1, 0.15) is 11.5 Å². The smallest absolute Gasteiger partial charge is 0.316 e. The molecule has 1 heterocycles. The van der Waals surface area contributed by atoms with E-state index in [1.807, 2.05) is 45.0 Å². The van der Waals surface area contributed by atoms with Crippen LogP contribution >= 0.6 is 0 Å². The summed E-state index contributed by atoms with van der Waals surface area (Å²) in [7, 11) is 0. The van der Waals surface area contributed by atoms with Crippen molar-refractivity contribution in [2.45, 2.75) is 52.2 Å². The van der Waals surface area contributed by atoms with Crippen molar-refractivity contribution in [2.24, 2.45) is 23.2 Å². The Balaban J connectivity index is 1.39. The van der Waals surface area contributed by atoms with Gasteiger partial charge in [0.15, 0.2) is 0 Å². The average molecular weight is 394 g/mol. The monoisotopic (exact) mass is 394 g/mol. The van der Waals surface area contributed by atoms with Gasteiger partial charge in [-0.25, -0.2) is 0 Å². The minimum absolute atomic E-state index is 0.0784. The number of ether oxygens (including phenoxy) is 3. The molecule has 0 amide bonds. The van der Waals surface area contributed by atoms with Gasteiger partial charge in [-0.1, -0.05) is 31.2 Å². The summed E-state index contributed by atoms with van der Waals surface area (Å²) in [6.07, 6.45) is 3.30. The first kappa shape index (κ1) is 18.6. The quantitative estimate of drug-likeness (QED) is 0.424. The number of esters is 2. The lowest BCUT2D eigenvalue weighted by atomic mass is 9.89. The van der Waals surface area contributed by atoms with E-state index in [0.29, 0.717) is 35.9 Å². The zero-order valence-corrected chi connectivity index (χ0v) is 17.0. The molecule has 1 saturated heterocycles. The highest BCUT2D eigenvalue weighted by Crippen LogP contribution is 2.59. The fourth-order valence-corrected chi connectivity index (χ4v) is 4.87. The first-order chi connectivity index (χ1) is 13.9. The Morgan fingerprint density at radius 3 is 2.24 bits per heavy atom. The summed E-state index contributed by atoms with van der Waals surface area (Å²) in [4.78, 5) is 25.4. The van der Waals surface area contributed by atoms with Gasteiger partial charge in [0.05, 0.1) is 23.5 Å². The largest absolute Gasteiger partial charge is 0.426 e. The highest BCUT2D eigenvalue weighted by Gasteiger charge is 2.65. The Morgan fingerprint density at radius 2 is 1.66 bits per heavy atom. The van der Waals surface area contributed by atoms with Gasteiger partial charge in [0.25, 0.3) is 0 Å². The first-order valence-electron chi connectivity index (χ1n) is 10.5. The summed E-state index contributed by atoms with van der Waals surface area (Å²) in [5, 5.41) is 1.53. The Kier molecular flexibility index (Phi) is 4.21. The molecule has 2 saturated carbocycles. The number of rotatable bonds is 5. The maximum Gasteiger partial charge on any atom is 0.316 e. The number of benzene rings is 2. The zero-order valence-electron chi connectivity index (χ0n) is 17.0. The highest BCUT2D eigenvalue weighted by atomic mass is 16.6. The lowest BCUT2D eigenvalue weighted by Crippen LogP contribution is -2.29. The summed E-state index contributed by atoms with van der Waals surface area (Å²) in [5.74, 6) is 1.30. The number of carbonyl (C=O) groups is 2. The molecule has 5 nitrogen and oxygen atoms in total. The number of epoxide rings is 1. The van der Waals surface area contributed by atoms with Crippen molar-refractivity contribution in [3.63, 3.8) is 0 Å². The minimum atomic E-state index is -0.559. The first-order valence-corrected chi connectivity index (χ1v) is 10.5. The van der Waals surface area contributed by atoms with E-state index < -0.39 is 5.41 Å². The molecule has 5 heteroatoms. The van der Waals surface area contributed by atoms with Gasteiger partial charge in [-0.15, -0.1) is 0 Å². The van der Waals surface area contributed by atoms with Crippen LogP contribution in [0.1, 0.15) is 40.0 Å². The molecule has 3 fully saturated rings.